The van der Waals surface area contributed by atoms with Gasteiger partial charge in [0.1, 0.15) is 11.3 Å². The predicted octanol–water partition coefficient (Wildman–Crippen LogP) is 3.44. The van der Waals surface area contributed by atoms with Crippen molar-refractivity contribution in [3.63, 3.8) is 0 Å². The van der Waals surface area contributed by atoms with Crippen molar-refractivity contribution in [3.05, 3.63) is 53.5 Å². The summed E-state index contributed by atoms with van der Waals surface area (Å²) < 4.78 is 7.40. The lowest BCUT2D eigenvalue weighted by Crippen LogP contribution is -2.18. The fraction of sp³-hybridized carbons (Fsp3) is 0.455. The molecule has 0 bridgehead atoms. The van der Waals surface area contributed by atoms with Crippen LogP contribution in [0.1, 0.15) is 29.8 Å². The molecule has 1 aliphatic rings. The summed E-state index contributed by atoms with van der Waals surface area (Å²) in [7, 11) is 1.71. The van der Waals surface area contributed by atoms with Crippen LogP contribution in [0.2, 0.25) is 0 Å². The number of benzene rings is 1. The largest absolute Gasteiger partial charge is 0.383 e. The molecule has 0 atom stereocenters. The molecule has 1 fully saturated rings. The molecule has 28 heavy (non-hydrogen) atoms. The van der Waals surface area contributed by atoms with E-state index >= 15 is 0 Å². The van der Waals surface area contributed by atoms with Gasteiger partial charge in [-0.05, 0) is 50.0 Å². The minimum atomic E-state index is 0.643. The van der Waals surface area contributed by atoms with E-state index in [0.717, 1.165) is 42.3 Å². The van der Waals surface area contributed by atoms with Gasteiger partial charge in [-0.1, -0.05) is 24.3 Å². The molecule has 2 aromatic heterocycles. The Morgan fingerprint density at radius 2 is 1.86 bits per heavy atom. The van der Waals surface area contributed by atoms with Crippen LogP contribution in [0.3, 0.4) is 0 Å². The first-order chi connectivity index (χ1) is 13.7. The Kier molecular flexibility index (Phi) is 5.88. The van der Waals surface area contributed by atoms with E-state index < -0.39 is 0 Å². The van der Waals surface area contributed by atoms with Gasteiger partial charge in [0.15, 0.2) is 5.82 Å². The molecular weight excluding hydrogens is 350 g/mol. The fourth-order valence-corrected chi connectivity index (χ4v) is 3.97. The van der Waals surface area contributed by atoms with Crippen LogP contribution in [0.25, 0.3) is 11.0 Å². The van der Waals surface area contributed by atoms with Gasteiger partial charge in [-0.25, -0.2) is 9.97 Å². The highest BCUT2D eigenvalue weighted by atomic mass is 16.5. The third-order valence-electron chi connectivity index (χ3n) is 5.27. The summed E-state index contributed by atoms with van der Waals surface area (Å²) in [5.41, 5.74) is 4.71. The maximum atomic E-state index is 5.16. The summed E-state index contributed by atoms with van der Waals surface area (Å²) in [6.07, 6.45) is 4.76. The minimum Gasteiger partial charge on any atom is -0.383 e. The molecule has 1 aliphatic heterocycles. The van der Waals surface area contributed by atoms with Gasteiger partial charge >= 0.3 is 0 Å². The molecule has 1 aromatic carbocycles. The molecule has 0 saturated carbocycles. The second-order valence-electron chi connectivity index (χ2n) is 7.52. The van der Waals surface area contributed by atoms with E-state index in [0.29, 0.717) is 6.61 Å². The van der Waals surface area contributed by atoms with E-state index in [1.165, 1.54) is 37.1 Å². The Hall–Kier alpha value is -2.44. The van der Waals surface area contributed by atoms with Crippen molar-refractivity contribution in [2.24, 2.45) is 0 Å². The molecular formula is C22H29N5O. The number of fused-ring (bicyclic) bond motifs is 1. The van der Waals surface area contributed by atoms with Crippen LogP contribution < -0.4 is 5.32 Å². The van der Waals surface area contributed by atoms with Gasteiger partial charge in [-0.15, -0.1) is 0 Å². The molecule has 3 heterocycles. The highest BCUT2D eigenvalue weighted by Gasteiger charge is 2.13. The lowest BCUT2D eigenvalue weighted by molar-refractivity contribution is 0.210. The zero-order valence-electron chi connectivity index (χ0n) is 16.8. The SMILES string of the molecule is COCCNc1nc(C)nc2ccn(Cc3cccc(CN4CCCC4)c3)c12. The average Bonchev–Trinajstić information content (AvgIpc) is 3.32. The molecule has 3 aromatic rings. The van der Waals surface area contributed by atoms with E-state index in [-0.39, 0.29) is 0 Å². The van der Waals surface area contributed by atoms with Gasteiger partial charge in [0.05, 0.1) is 12.1 Å². The van der Waals surface area contributed by atoms with Gasteiger partial charge in [-0.3, -0.25) is 4.90 Å². The number of rotatable bonds is 8. The third-order valence-corrected chi connectivity index (χ3v) is 5.27. The number of nitrogens with zero attached hydrogens (tertiary/aromatic N) is 4. The number of hydrogen-bond donors (Lipinski definition) is 1. The number of ether oxygens (including phenoxy) is 1. The van der Waals surface area contributed by atoms with Gasteiger partial charge in [0, 0.05) is 32.9 Å². The van der Waals surface area contributed by atoms with Crippen molar-refractivity contribution in [2.45, 2.75) is 32.9 Å². The molecule has 4 rings (SSSR count). The van der Waals surface area contributed by atoms with E-state index in [1.54, 1.807) is 7.11 Å². The lowest BCUT2D eigenvalue weighted by atomic mass is 10.1. The highest BCUT2D eigenvalue weighted by Crippen LogP contribution is 2.23. The number of methoxy groups -OCH3 is 1. The van der Waals surface area contributed by atoms with Crippen molar-refractivity contribution in [2.75, 3.05) is 38.7 Å². The van der Waals surface area contributed by atoms with Crippen LogP contribution in [-0.2, 0) is 17.8 Å². The number of hydrogen-bond acceptors (Lipinski definition) is 5. The molecule has 0 spiro atoms. The summed E-state index contributed by atoms with van der Waals surface area (Å²) in [5, 5.41) is 3.40. The van der Waals surface area contributed by atoms with E-state index in [2.05, 4.69) is 61.3 Å². The topological polar surface area (TPSA) is 55.2 Å². The molecule has 1 N–H and O–H groups in total. The van der Waals surface area contributed by atoms with Crippen LogP contribution in [-0.4, -0.2) is 52.8 Å². The fourth-order valence-electron chi connectivity index (χ4n) is 3.97. The van der Waals surface area contributed by atoms with Gasteiger partial charge in [0.2, 0.25) is 0 Å². The van der Waals surface area contributed by atoms with Crippen molar-refractivity contribution >= 4 is 16.9 Å². The summed E-state index contributed by atoms with van der Waals surface area (Å²) in [6, 6.07) is 11.0. The first-order valence-electron chi connectivity index (χ1n) is 10.1. The van der Waals surface area contributed by atoms with Crippen LogP contribution in [0.15, 0.2) is 36.5 Å². The lowest BCUT2D eigenvalue weighted by Gasteiger charge is -2.16. The molecule has 148 valence electrons. The van der Waals surface area contributed by atoms with Crippen molar-refractivity contribution in [3.8, 4) is 0 Å². The van der Waals surface area contributed by atoms with E-state index in [9.17, 15) is 0 Å². The smallest absolute Gasteiger partial charge is 0.154 e. The van der Waals surface area contributed by atoms with Crippen LogP contribution >= 0.6 is 0 Å². The number of aryl methyl sites for hydroxylation is 1. The Bertz CT molecular complexity index is 930. The summed E-state index contributed by atoms with van der Waals surface area (Å²) >= 11 is 0. The Balaban J connectivity index is 1.57. The molecule has 0 aliphatic carbocycles. The molecule has 6 heteroatoms. The second kappa shape index (κ2) is 8.71. The second-order valence-corrected chi connectivity index (χ2v) is 7.52. The maximum Gasteiger partial charge on any atom is 0.154 e. The molecule has 1 saturated heterocycles. The third kappa shape index (κ3) is 4.34. The Morgan fingerprint density at radius 1 is 1.07 bits per heavy atom. The quantitative estimate of drug-likeness (QED) is 0.608. The Morgan fingerprint density at radius 3 is 2.64 bits per heavy atom. The zero-order valence-corrected chi connectivity index (χ0v) is 16.8. The molecule has 0 unspecified atom stereocenters. The van der Waals surface area contributed by atoms with Crippen LogP contribution in [0, 0.1) is 6.92 Å². The highest BCUT2D eigenvalue weighted by molar-refractivity contribution is 5.86. The van der Waals surface area contributed by atoms with Gasteiger partial charge < -0.3 is 14.6 Å². The van der Waals surface area contributed by atoms with E-state index in [1.807, 2.05) is 6.92 Å². The monoisotopic (exact) mass is 379 g/mol. The van der Waals surface area contributed by atoms with Crippen molar-refractivity contribution in [1.29, 1.82) is 0 Å². The first-order valence-corrected chi connectivity index (χ1v) is 10.1. The van der Waals surface area contributed by atoms with Gasteiger partial charge in [0.25, 0.3) is 0 Å². The van der Waals surface area contributed by atoms with E-state index in [4.69, 9.17) is 4.74 Å². The summed E-state index contributed by atoms with van der Waals surface area (Å²) in [4.78, 5) is 11.8. The minimum absolute atomic E-state index is 0.643. The number of nitrogens with one attached hydrogen (secondary N) is 1. The number of anilines is 1. The molecule has 0 amide bonds. The number of likely N-dealkylation sites (tertiary alicyclic amines) is 1. The Labute approximate surface area is 166 Å². The van der Waals surface area contributed by atoms with Crippen LogP contribution in [0.4, 0.5) is 5.82 Å². The maximum absolute atomic E-state index is 5.16. The molecule has 0 radical (unpaired) electrons. The average molecular weight is 380 g/mol. The van der Waals surface area contributed by atoms with Gasteiger partial charge in [-0.2, -0.15) is 0 Å². The van der Waals surface area contributed by atoms with Crippen LogP contribution in [0.5, 0.6) is 0 Å². The standard InChI is InChI=1S/C22H29N5O/c1-17-24-20-8-12-27(21(20)22(25-17)23-9-13-28-2)16-19-7-5-6-18(14-19)15-26-10-3-4-11-26/h5-8,12,14H,3-4,9-11,13,15-16H2,1-2H3,(H,23,24,25). The molecule has 6 nitrogen and oxygen atoms in total. The normalized spacial score (nSPS) is 14.8. The summed E-state index contributed by atoms with van der Waals surface area (Å²) in [6.45, 7) is 7.59. The predicted molar refractivity (Wildman–Crippen MR) is 113 cm³/mol. The summed E-state index contributed by atoms with van der Waals surface area (Å²) in [5.74, 6) is 1.65. The van der Waals surface area contributed by atoms with Crippen molar-refractivity contribution < 1.29 is 4.74 Å². The number of aromatic nitrogens is 3. The zero-order chi connectivity index (χ0) is 19.3. The van der Waals surface area contributed by atoms with Crippen molar-refractivity contribution in [1.82, 2.24) is 19.4 Å². The first kappa shape index (κ1) is 18.9.